The zero-order valence-electron chi connectivity index (χ0n) is 12.8. The minimum Gasteiger partial charge on any atom is -0.388 e. The molecule has 6 heteroatoms. The van der Waals surface area contributed by atoms with Crippen molar-refractivity contribution in [3.63, 3.8) is 0 Å². The number of rotatable bonds is 4. The van der Waals surface area contributed by atoms with Gasteiger partial charge in [0.05, 0.1) is 5.69 Å². The van der Waals surface area contributed by atoms with Crippen molar-refractivity contribution in [3.05, 3.63) is 64.0 Å². The minimum absolute atomic E-state index is 0.296. The van der Waals surface area contributed by atoms with Gasteiger partial charge in [-0.25, -0.2) is 4.68 Å². The van der Waals surface area contributed by atoms with Crippen molar-refractivity contribution in [2.45, 2.75) is 13.8 Å². The molecule has 0 bridgehead atoms. The fraction of sp³-hybridized carbons (Fsp3) is 0.176. The number of hydrogen-bond donors (Lipinski definition) is 1. The Labute approximate surface area is 142 Å². The summed E-state index contributed by atoms with van der Waals surface area (Å²) < 4.78 is 4.66. The first kappa shape index (κ1) is 15.7. The van der Waals surface area contributed by atoms with Gasteiger partial charge in [0.25, 0.3) is 0 Å². The van der Waals surface area contributed by atoms with Crippen LogP contribution in [0, 0.1) is 13.8 Å². The molecule has 0 spiro atoms. The summed E-state index contributed by atoms with van der Waals surface area (Å²) >= 11 is 3.53. The van der Waals surface area contributed by atoms with Gasteiger partial charge in [0.1, 0.15) is 11.2 Å². The smallest absolute Gasteiger partial charge is 0.188 e. The molecular formula is C17H16BrN3O2. The number of aromatic nitrogens is 3. The number of benzene rings is 1. The number of aliphatic hydroxyl groups excluding tert-OH is 1. The first-order chi connectivity index (χ1) is 11.0. The predicted octanol–water partition coefficient (Wildman–Crippen LogP) is 3.22. The van der Waals surface area contributed by atoms with Gasteiger partial charge in [-0.1, -0.05) is 0 Å². The zero-order chi connectivity index (χ0) is 16.6. The maximum Gasteiger partial charge on any atom is 0.188 e. The molecule has 0 unspecified atom stereocenters. The van der Waals surface area contributed by atoms with E-state index in [9.17, 15) is 4.79 Å². The lowest BCUT2D eigenvalue weighted by molar-refractivity contribution is 0.0904. The standard InChI is InChI=1S/C17H16BrN3O2/c1-11-3-4-12(2)20(11)17-9-16(18)21(19-17)14-7-5-13(6-8-14)15(23)10-22/h3-9,22H,10H2,1-2H3. The van der Waals surface area contributed by atoms with Crippen molar-refractivity contribution >= 4 is 21.7 Å². The van der Waals surface area contributed by atoms with E-state index in [4.69, 9.17) is 5.11 Å². The highest BCUT2D eigenvalue weighted by Gasteiger charge is 2.12. The molecule has 1 aromatic carbocycles. The van der Waals surface area contributed by atoms with Gasteiger partial charge in [-0.05, 0) is 66.2 Å². The van der Waals surface area contributed by atoms with E-state index in [2.05, 4.69) is 37.7 Å². The summed E-state index contributed by atoms with van der Waals surface area (Å²) in [6.07, 6.45) is 0. The molecule has 1 N–H and O–H groups in total. The van der Waals surface area contributed by atoms with Gasteiger partial charge in [0, 0.05) is 23.0 Å². The van der Waals surface area contributed by atoms with Crippen LogP contribution in [0.15, 0.2) is 47.1 Å². The fourth-order valence-corrected chi connectivity index (χ4v) is 3.04. The number of carbonyl (C=O) groups is 1. The average Bonchev–Trinajstić information content (AvgIpc) is 3.09. The quantitative estimate of drug-likeness (QED) is 0.714. The SMILES string of the molecule is Cc1ccc(C)n1-c1cc(Br)n(-c2ccc(C(=O)CO)cc2)n1. The van der Waals surface area contributed by atoms with Crippen molar-refractivity contribution < 1.29 is 9.90 Å². The summed E-state index contributed by atoms with van der Waals surface area (Å²) in [6.45, 7) is 3.59. The lowest BCUT2D eigenvalue weighted by atomic mass is 10.1. The molecule has 23 heavy (non-hydrogen) atoms. The Morgan fingerprint density at radius 1 is 1.13 bits per heavy atom. The van der Waals surface area contributed by atoms with Crippen LogP contribution >= 0.6 is 15.9 Å². The molecule has 0 saturated carbocycles. The lowest BCUT2D eigenvalue weighted by Crippen LogP contribution is -2.05. The molecule has 0 saturated heterocycles. The Balaban J connectivity index is 2.00. The number of hydrogen-bond acceptors (Lipinski definition) is 3. The van der Waals surface area contributed by atoms with Crippen LogP contribution in [0.4, 0.5) is 0 Å². The van der Waals surface area contributed by atoms with Crippen LogP contribution in [0.25, 0.3) is 11.5 Å². The van der Waals surface area contributed by atoms with Crippen molar-refractivity contribution in [1.29, 1.82) is 0 Å². The van der Waals surface area contributed by atoms with Crippen LogP contribution < -0.4 is 0 Å². The summed E-state index contributed by atoms with van der Waals surface area (Å²) in [6, 6.07) is 13.0. The Kier molecular flexibility index (Phi) is 4.19. The summed E-state index contributed by atoms with van der Waals surface area (Å²) in [5.41, 5.74) is 3.55. The third-order valence-electron chi connectivity index (χ3n) is 3.73. The van der Waals surface area contributed by atoms with Crippen LogP contribution in [-0.2, 0) is 0 Å². The first-order valence-corrected chi connectivity index (χ1v) is 7.96. The van der Waals surface area contributed by atoms with Gasteiger partial charge >= 0.3 is 0 Å². The number of nitrogens with zero attached hydrogens (tertiary/aromatic N) is 3. The second kappa shape index (κ2) is 6.14. The summed E-state index contributed by atoms with van der Waals surface area (Å²) in [5, 5.41) is 13.5. The summed E-state index contributed by atoms with van der Waals surface area (Å²) in [5.74, 6) is 0.530. The molecule has 5 nitrogen and oxygen atoms in total. The normalized spacial score (nSPS) is 11.0. The maximum atomic E-state index is 11.5. The summed E-state index contributed by atoms with van der Waals surface area (Å²) in [4.78, 5) is 11.5. The van der Waals surface area contributed by atoms with Gasteiger partial charge in [0.2, 0.25) is 0 Å². The summed E-state index contributed by atoms with van der Waals surface area (Å²) in [7, 11) is 0. The topological polar surface area (TPSA) is 60.0 Å². The zero-order valence-corrected chi connectivity index (χ0v) is 14.4. The van der Waals surface area contributed by atoms with Crippen LogP contribution in [0.2, 0.25) is 0 Å². The molecule has 3 rings (SSSR count). The molecule has 2 heterocycles. The predicted molar refractivity (Wildman–Crippen MR) is 91.5 cm³/mol. The largest absolute Gasteiger partial charge is 0.388 e. The van der Waals surface area contributed by atoms with Crippen LogP contribution in [-0.4, -0.2) is 31.8 Å². The van der Waals surface area contributed by atoms with Crippen molar-refractivity contribution in [2.24, 2.45) is 0 Å². The highest BCUT2D eigenvalue weighted by molar-refractivity contribution is 9.10. The van der Waals surface area contributed by atoms with E-state index in [0.29, 0.717) is 5.56 Å². The molecule has 0 radical (unpaired) electrons. The Hall–Kier alpha value is -2.18. The van der Waals surface area contributed by atoms with Gasteiger partial charge in [-0.15, -0.1) is 5.10 Å². The van der Waals surface area contributed by atoms with E-state index >= 15 is 0 Å². The van der Waals surface area contributed by atoms with Crippen LogP contribution in [0.5, 0.6) is 0 Å². The third-order valence-corrected chi connectivity index (χ3v) is 4.30. The van der Waals surface area contributed by atoms with Crippen LogP contribution in [0.1, 0.15) is 21.7 Å². The van der Waals surface area contributed by atoms with E-state index in [0.717, 1.165) is 27.5 Å². The molecular weight excluding hydrogens is 358 g/mol. The number of carbonyl (C=O) groups excluding carboxylic acids is 1. The Bertz CT molecular complexity index is 843. The van der Waals surface area contributed by atoms with Crippen molar-refractivity contribution in [2.75, 3.05) is 6.61 Å². The number of Topliss-reactive ketones (excluding diaryl/α,β-unsaturated/α-hetero) is 1. The number of aliphatic hydroxyl groups is 1. The van der Waals surface area contributed by atoms with E-state index in [1.807, 2.05) is 19.9 Å². The Morgan fingerprint density at radius 3 is 2.30 bits per heavy atom. The van der Waals surface area contributed by atoms with Gasteiger partial charge in [-0.3, -0.25) is 4.79 Å². The van der Waals surface area contributed by atoms with Gasteiger partial charge in [-0.2, -0.15) is 0 Å². The van der Waals surface area contributed by atoms with Crippen molar-refractivity contribution in [1.82, 2.24) is 14.3 Å². The van der Waals surface area contributed by atoms with E-state index in [1.54, 1.807) is 28.9 Å². The van der Waals surface area contributed by atoms with Crippen molar-refractivity contribution in [3.8, 4) is 11.5 Å². The lowest BCUT2D eigenvalue weighted by Gasteiger charge is -2.06. The molecule has 0 aliphatic heterocycles. The molecule has 0 aliphatic carbocycles. The molecule has 0 amide bonds. The number of aryl methyl sites for hydroxylation is 2. The monoisotopic (exact) mass is 373 g/mol. The Morgan fingerprint density at radius 2 is 1.74 bits per heavy atom. The average molecular weight is 374 g/mol. The maximum absolute atomic E-state index is 11.5. The van der Waals surface area contributed by atoms with E-state index in [1.165, 1.54) is 0 Å². The van der Waals surface area contributed by atoms with Gasteiger partial charge < -0.3 is 9.67 Å². The second-order valence-electron chi connectivity index (χ2n) is 5.32. The molecule has 2 aromatic heterocycles. The highest BCUT2D eigenvalue weighted by Crippen LogP contribution is 2.23. The number of halogens is 1. The second-order valence-corrected chi connectivity index (χ2v) is 6.13. The molecule has 0 aliphatic rings. The highest BCUT2D eigenvalue weighted by atomic mass is 79.9. The fourth-order valence-electron chi connectivity index (χ4n) is 2.55. The molecule has 0 atom stereocenters. The van der Waals surface area contributed by atoms with Gasteiger partial charge in [0.15, 0.2) is 11.6 Å². The minimum atomic E-state index is -0.485. The molecule has 118 valence electrons. The molecule has 0 fully saturated rings. The third kappa shape index (κ3) is 2.87. The van der Waals surface area contributed by atoms with Crippen LogP contribution in [0.3, 0.4) is 0 Å². The molecule has 3 aromatic rings. The number of ketones is 1. The van der Waals surface area contributed by atoms with E-state index in [-0.39, 0.29) is 5.78 Å². The van der Waals surface area contributed by atoms with E-state index < -0.39 is 6.61 Å². The first-order valence-electron chi connectivity index (χ1n) is 7.16.